The first-order valence-corrected chi connectivity index (χ1v) is 2.88. The number of hydrogen-bond acceptors (Lipinski definition) is 2. The predicted molar refractivity (Wildman–Crippen MR) is 5.81 cm³/mol. The summed E-state index contributed by atoms with van der Waals surface area (Å²) in [5.74, 6) is 0. The number of hydrogen-bond donors (Lipinski definition) is 2. The van der Waals surface area contributed by atoms with E-state index in [-0.39, 0.29) is 58.8 Å². The normalized spacial score (nSPS) is 8.29. The van der Waals surface area contributed by atoms with Crippen molar-refractivity contribution < 1.29 is 88.4 Å². The van der Waals surface area contributed by atoms with Gasteiger partial charge < -0.3 is 0 Å². The van der Waals surface area contributed by atoms with Gasteiger partial charge in [0.25, 0.3) is 0 Å². The fraction of sp³-hybridized carbons (Fsp3) is 0. The van der Waals surface area contributed by atoms with Crippen LogP contribution in [0.5, 0.6) is 0 Å². The first-order valence-electron chi connectivity index (χ1n) is 0.698. The van der Waals surface area contributed by atoms with Gasteiger partial charge in [0, 0.05) is 58.8 Å². The van der Waals surface area contributed by atoms with Gasteiger partial charge in [-0.25, -0.2) is 0 Å². The molecule has 0 rings (SSSR count). The third-order valence-electron chi connectivity index (χ3n) is 0. The summed E-state index contributed by atoms with van der Waals surface area (Å²) in [5.41, 5.74) is 0. The Morgan fingerprint density at radius 1 is 1.14 bits per heavy atom. The molecule has 0 unspecified atom stereocenters. The molecule has 0 aliphatic heterocycles. The third-order valence-corrected chi connectivity index (χ3v) is 0. The first-order chi connectivity index (χ1) is 2.00. The van der Waals surface area contributed by atoms with E-state index in [1.807, 2.05) is 0 Å². The second-order valence-electron chi connectivity index (χ2n) is 0.448. The van der Waals surface area contributed by atoms with Crippen LogP contribution in [-0.4, -0.2) is 8.32 Å². The van der Waals surface area contributed by atoms with Crippen LogP contribution in [-0.2, 0) is 38.3 Å². The quantitative estimate of drug-likeness (QED) is 0.542. The average molecular weight is 313 g/mol. The molecule has 0 spiro atoms. The maximum atomic E-state index is 8.82. The molecule has 7 heavy (non-hydrogen) atoms. The van der Waals surface area contributed by atoms with E-state index in [0.717, 1.165) is 0 Å². The van der Waals surface area contributed by atoms with E-state index in [1.165, 1.54) is 0 Å². The molecule has 43 valence electrons. The van der Waals surface area contributed by atoms with E-state index in [9.17, 15) is 0 Å². The Hall–Kier alpha value is 1.95. The fourth-order valence-corrected chi connectivity index (χ4v) is 0. The van der Waals surface area contributed by atoms with Crippen LogP contribution in [0.25, 0.3) is 0 Å². The van der Waals surface area contributed by atoms with Gasteiger partial charge in [0.05, 0.1) is 0 Å². The molecule has 0 atom stereocenters. The summed E-state index contributed by atoms with van der Waals surface area (Å²) in [6.45, 7) is 0. The van der Waals surface area contributed by atoms with Crippen LogP contribution < -0.4 is 0 Å². The molecule has 0 fully saturated rings. The summed E-state index contributed by atoms with van der Waals surface area (Å²) in [5, 5.41) is 0. The molecule has 2 N–H and O–H groups in total. The second kappa shape index (κ2) is 6.07. The van der Waals surface area contributed by atoms with Crippen molar-refractivity contribution in [3.05, 3.63) is 0 Å². The van der Waals surface area contributed by atoms with Gasteiger partial charge in [-0.2, -0.15) is 0 Å². The summed E-state index contributed by atoms with van der Waals surface area (Å²) in [6, 6.07) is 0. The van der Waals surface area contributed by atoms with Crippen LogP contribution in [0.2, 0.25) is 0 Å². The zero-order valence-corrected chi connectivity index (χ0v) is 8.59. The van der Waals surface area contributed by atoms with Gasteiger partial charge in [-0.1, -0.05) is 0 Å². The van der Waals surface area contributed by atoms with Gasteiger partial charge in [-0.15, -0.1) is 0 Å². The summed E-state index contributed by atoms with van der Waals surface area (Å²) in [4.78, 5) is 0. The van der Waals surface area contributed by atoms with Crippen LogP contribution in [0.4, 0.5) is 0 Å². The van der Waals surface area contributed by atoms with E-state index in [2.05, 4.69) is 0 Å². The third kappa shape index (κ3) is 74.1. The van der Waals surface area contributed by atoms with Crippen LogP contribution >= 0.6 is 0 Å². The summed E-state index contributed by atoms with van der Waals surface area (Å²) in [7, 11) is 0. The van der Waals surface area contributed by atoms with Crippen molar-refractivity contribution in [3.63, 3.8) is 0 Å². The van der Waals surface area contributed by atoms with Gasteiger partial charge >= 0.3 is 29.5 Å². The molecule has 0 aromatic heterocycles. The van der Waals surface area contributed by atoms with Crippen LogP contribution in [0, 0.1) is 41.7 Å². The van der Waals surface area contributed by atoms with E-state index in [1.54, 1.807) is 0 Å². The maximum absolute atomic E-state index is 8.82. The summed E-state index contributed by atoms with van der Waals surface area (Å²) < 4.78 is 31.9. The molecule has 0 amide bonds. The standard InChI is InChI=1S/Ce.Cr.Mn.2H2O.2O/h;;;2*1H2;;/q;+2;;;;;/p-2. The van der Waals surface area contributed by atoms with Gasteiger partial charge in [0.15, 0.2) is 0 Å². The van der Waals surface area contributed by atoms with E-state index < -0.39 is 13.6 Å². The van der Waals surface area contributed by atoms with E-state index in [4.69, 9.17) is 15.9 Å². The molecule has 0 aromatic carbocycles. The topological polar surface area (TPSA) is 74.6 Å². The molecule has 0 aliphatic rings. The number of rotatable bonds is 0. The molecule has 4 nitrogen and oxygen atoms in total. The van der Waals surface area contributed by atoms with Crippen molar-refractivity contribution in [2.75, 3.05) is 0 Å². The van der Waals surface area contributed by atoms with Crippen molar-refractivity contribution in [1.82, 2.24) is 0 Å². The van der Waals surface area contributed by atoms with Crippen molar-refractivity contribution in [1.29, 1.82) is 0 Å². The fourth-order valence-electron chi connectivity index (χ4n) is 0. The van der Waals surface area contributed by atoms with Crippen LogP contribution in [0.3, 0.4) is 0 Å². The van der Waals surface area contributed by atoms with Crippen molar-refractivity contribution >= 4 is 0 Å². The Labute approximate surface area is 86.9 Å². The van der Waals surface area contributed by atoms with Gasteiger partial charge in [0.2, 0.25) is 0 Å². The molecule has 7 heteroatoms. The Bertz CT molecular complexity index is 94.9. The minimum absolute atomic E-state index is 0. The molecule has 1 radical (unpaired) electrons. The molecule has 0 saturated carbocycles. The van der Waals surface area contributed by atoms with E-state index >= 15 is 0 Å². The molecule has 0 heterocycles. The molecule has 0 bridgehead atoms. The zero-order chi connectivity index (χ0) is 4.50. The first kappa shape index (κ1) is 16.0. The SMILES string of the molecule is [Ce].[Mn].[O]=[Cr](=[O])([OH])[OH]. The predicted octanol–water partition coefficient (Wildman–Crippen LogP) is -1.36. The van der Waals surface area contributed by atoms with Crippen LogP contribution in [0.1, 0.15) is 0 Å². The molecular formula is H2CeCrMnO4. The summed E-state index contributed by atoms with van der Waals surface area (Å²) in [6.07, 6.45) is 0. The van der Waals surface area contributed by atoms with Crippen molar-refractivity contribution in [3.8, 4) is 0 Å². The van der Waals surface area contributed by atoms with Crippen molar-refractivity contribution in [2.45, 2.75) is 0 Å². The molecule has 0 saturated heterocycles. The van der Waals surface area contributed by atoms with Crippen LogP contribution in [0.15, 0.2) is 0 Å². The Morgan fingerprint density at radius 2 is 1.14 bits per heavy atom. The summed E-state index contributed by atoms with van der Waals surface area (Å²) >= 11 is -5.25. The molecular weight excluding hydrogens is 311 g/mol. The van der Waals surface area contributed by atoms with E-state index in [0.29, 0.717) is 0 Å². The van der Waals surface area contributed by atoms with Gasteiger partial charge in [0.1, 0.15) is 0 Å². The monoisotopic (exact) mass is 313 g/mol. The Morgan fingerprint density at radius 3 is 1.14 bits per heavy atom. The Balaban J connectivity index is -0.0000000800. The second-order valence-corrected chi connectivity index (χ2v) is 1.85. The average Bonchev–Trinajstić information content (AvgIpc) is 0.722. The van der Waals surface area contributed by atoms with Gasteiger partial charge in [-0.3, -0.25) is 0 Å². The molecule has 0 aromatic rings. The van der Waals surface area contributed by atoms with Crippen molar-refractivity contribution in [2.24, 2.45) is 0 Å². The van der Waals surface area contributed by atoms with Gasteiger partial charge in [-0.05, 0) is 0 Å². The zero-order valence-electron chi connectivity index (χ0n) is 3.00. The molecule has 0 aliphatic carbocycles. The Kier molecular flexibility index (Phi) is 13.9. The minimum atomic E-state index is -5.25.